The van der Waals surface area contributed by atoms with Crippen LogP contribution in [-0.2, 0) is 4.79 Å². The third-order valence-electron chi connectivity index (χ3n) is 2.84. The number of thioether (sulfide) groups is 1. The van der Waals surface area contributed by atoms with Crippen LogP contribution in [0.3, 0.4) is 0 Å². The van der Waals surface area contributed by atoms with E-state index < -0.39 is 0 Å². The molecule has 1 atom stereocenters. The monoisotopic (exact) mass is 347 g/mol. The van der Waals surface area contributed by atoms with Crippen molar-refractivity contribution in [3.05, 3.63) is 29.8 Å². The molecular weight excluding hydrogens is 330 g/mol. The summed E-state index contributed by atoms with van der Waals surface area (Å²) in [6.07, 6.45) is 1.02. The van der Waals surface area contributed by atoms with Crippen molar-refractivity contribution in [1.82, 2.24) is 10.2 Å². The molecule has 2 aromatic rings. The van der Waals surface area contributed by atoms with Gasteiger partial charge in [0.15, 0.2) is 4.34 Å². The summed E-state index contributed by atoms with van der Waals surface area (Å²) in [5.74, 6) is -0.136. The summed E-state index contributed by atoms with van der Waals surface area (Å²) >= 11 is 2.80. The van der Waals surface area contributed by atoms with E-state index >= 15 is 0 Å². The molecule has 0 aliphatic carbocycles. The van der Waals surface area contributed by atoms with E-state index in [4.69, 9.17) is 5.26 Å². The van der Waals surface area contributed by atoms with Gasteiger partial charge in [-0.05, 0) is 31.5 Å². The van der Waals surface area contributed by atoms with Crippen molar-refractivity contribution in [2.24, 2.45) is 0 Å². The molecule has 1 heterocycles. The van der Waals surface area contributed by atoms with E-state index in [2.05, 4.69) is 27.8 Å². The lowest BCUT2D eigenvalue weighted by Gasteiger charge is -2.10. The summed E-state index contributed by atoms with van der Waals surface area (Å²) in [5, 5.41) is 23.4. The average Bonchev–Trinajstić information content (AvgIpc) is 3.00. The number of aromatic nitrogens is 2. The van der Waals surface area contributed by atoms with E-state index in [1.54, 1.807) is 24.3 Å². The lowest BCUT2D eigenvalue weighted by molar-refractivity contribution is -0.115. The minimum Gasteiger partial charge on any atom is -0.360 e. The Morgan fingerprint density at radius 2 is 2.30 bits per heavy atom. The molecule has 0 radical (unpaired) electrons. The van der Waals surface area contributed by atoms with E-state index in [-0.39, 0.29) is 11.2 Å². The number of benzene rings is 1. The first-order chi connectivity index (χ1) is 11.1. The van der Waals surface area contributed by atoms with Gasteiger partial charge in [0.05, 0.1) is 16.9 Å². The molecule has 0 aliphatic heterocycles. The van der Waals surface area contributed by atoms with E-state index in [0.29, 0.717) is 11.3 Å². The molecule has 2 rings (SSSR count). The number of rotatable bonds is 7. The second-order valence-electron chi connectivity index (χ2n) is 4.74. The van der Waals surface area contributed by atoms with Gasteiger partial charge >= 0.3 is 0 Å². The average molecular weight is 347 g/mol. The number of carbonyl (C=O) groups is 1. The van der Waals surface area contributed by atoms with Crippen LogP contribution in [-0.4, -0.2) is 27.9 Å². The third-order valence-corrected chi connectivity index (χ3v) is 4.90. The Balaban J connectivity index is 1.91. The maximum atomic E-state index is 12.2. The van der Waals surface area contributed by atoms with Gasteiger partial charge in [-0.25, -0.2) is 0 Å². The molecular formula is C15H17N5OS2. The molecule has 0 saturated heterocycles. The first kappa shape index (κ1) is 17.2. The maximum absolute atomic E-state index is 12.2. The van der Waals surface area contributed by atoms with Gasteiger partial charge in [-0.1, -0.05) is 36.1 Å². The third kappa shape index (κ3) is 5.23. The molecule has 0 spiro atoms. The molecule has 1 aromatic heterocycles. The summed E-state index contributed by atoms with van der Waals surface area (Å²) in [6.45, 7) is 4.75. The van der Waals surface area contributed by atoms with Crippen LogP contribution in [0.5, 0.6) is 0 Å². The van der Waals surface area contributed by atoms with Crippen LogP contribution >= 0.6 is 23.1 Å². The lowest BCUT2D eigenvalue weighted by Crippen LogP contribution is -2.22. The van der Waals surface area contributed by atoms with E-state index in [1.165, 1.54) is 23.1 Å². The lowest BCUT2D eigenvalue weighted by atomic mass is 10.2. The highest BCUT2D eigenvalue weighted by molar-refractivity contribution is 8.02. The SMILES string of the molecule is CCCNc1nnc(S[C@H](C)C(=O)Nc2cccc(C#N)c2)s1. The van der Waals surface area contributed by atoms with Gasteiger partial charge in [-0.3, -0.25) is 4.79 Å². The number of nitrogens with zero attached hydrogens (tertiary/aromatic N) is 3. The summed E-state index contributed by atoms with van der Waals surface area (Å²) in [7, 11) is 0. The van der Waals surface area contributed by atoms with Crippen molar-refractivity contribution >= 4 is 39.8 Å². The molecule has 0 aliphatic rings. The molecule has 0 fully saturated rings. The summed E-state index contributed by atoms with van der Waals surface area (Å²) in [4.78, 5) is 12.2. The zero-order valence-electron chi connectivity index (χ0n) is 12.9. The predicted octanol–water partition coefficient (Wildman–Crippen LogP) is 3.35. The summed E-state index contributed by atoms with van der Waals surface area (Å²) in [6, 6.07) is 8.89. The van der Waals surface area contributed by atoms with Gasteiger partial charge in [0.2, 0.25) is 11.0 Å². The van der Waals surface area contributed by atoms with Crippen LogP contribution in [0.25, 0.3) is 0 Å². The van der Waals surface area contributed by atoms with E-state index in [9.17, 15) is 4.79 Å². The molecule has 23 heavy (non-hydrogen) atoms. The quantitative estimate of drug-likeness (QED) is 0.746. The van der Waals surface area contributed by atoms with Crippen LogP contribution in [0.4, 0.5) is 10.8 Å². The van der Waals surface area contributed by atoms with E-state index in [0.717, 1.165) is 22.4 Å². The topological polar surface area (TPSA) is 90.7 Å². The Morgan fingerprint density at radius 3 is 3.04 bits per heavy atom. The molecule has 0 unspecified atom stereocenters. The first-order valence-electron chi connectivity index (χ1n) is 7.17. The van der Waals surface area contributed by atoms with Crippen molar-refractivity contribution in [3.8, 4) is 6.07 Å². The number of carbonyl (C=O) groups excluding carboxylic acids is 1. The Morgan fingerprint density at radius 1 is 1.48 bits per heavy atom. The fraction of sp³-hybridized carbons (Fsp3) is 0.333. The van der Waals surface area contributed by atoms with E-state index in [1.807, 2.05) is 13.0 Å². The molecule has 6 nitrogen and oxygen atoms in total. The van der Waals surface area contributed by atoms with Gasteiger partial charge in [0.25, 0.3) is 0 Å². The van der Waals surface area contributed by atoms with Crippen LogP contribution in [0, 0.1) is 11.3 Å². The summed E-state index contributed by atoms with van der Waals surface area (Å²) < 4.78 is 0.747. The molecule has 8 heteroatoms. The standard InChI is InChI=1S/C15H17N5OS2/c1-3-7-17-14-19-20-15(23-14)22-10(2)13(21)18-12-6-4-5-11(8-12)9-16/h4-6,8,10H,3,7H2,1-2H3,(H,17,19)(H,18,21)/t10-/m1/s1. The Labute approximate surface area is 143 Å². The zero-order chi connectivity index (χ0) is 16.7. The van der Waals surface area contributed by atoms with Crippen molar-refractivity contribution < 1.29 is 4.79 Å². The molecule has 0 saturated carbocycles. The molecule has 0 bridgehead atoms. The smallest absolute Gasteiger partial charge is 0.237 e. The molecule has 2 N–H and O–H groups in total. The highest BCUT2D eigenvalue weighted by Crippen LogP contribution is 2.29. The summed E-state index contributed by atoms with van der Waals surface area (Å²) in [5.41, 5.74) is 1.13. The largest absolute Gasteiger partial charge is 0.360 e. The Bertz CT molecular complexity index is 710. The number of hydrogen-bond donors (Lipinski definition) is 2. The highest BCUT2D eigenvalue weighted by atomic mass is 32.2. The minimum atomic E-state index is -0.312. The minimum absolute atomic E-state index is 0.136. The highest BCUT2D eigenvalue weighted by Gasteiger charge is 2.17. The molecule has 1 amide bonds. The Kier molecular flexibility index (Phi) is 6.38. The first-order valence-corrected chi connectivity index (χ1v) is 8.87. The fourth-order valence-corrected chi connectivity index (χ4v) is 3.60. The number of amides is 1. The number of nitrogens with one attached hydrogen (secondary N) is 2. The van der Waals surface area contributed by atoms with Gasteiger partial charge in [-0.2, -0.15) is 5.26 Å². The van der Waals surface area contributed by atoms with Crippen LogP contribution < -0.4 is 10.6 Å². The second kappa shape index (κ2) is 8.50. The van der Waals surface area contributed by atoms with Crippen molar-refractivity contribution in [2.45, 2.75) is 29.9 Å². The van der Waals surface area contributed by atoms with Crippen molar-refractivity contribution in [3.63, 3.8) is 0 Å². The van der Waals surface area contributed by atoms with Crippen LogP contribution in [0.15, 0.2) is 28.6 Å². The second-order valence-corrected chi connectivity index (χ2v) is 7.31. The zero-order valence-corrected chi connectivity index (χ0v) is 14.5. The van der Waals surface area contributed by atoms with Crippen molar-refractivity contribution in [1.29, 1.82) is 5.26 Å². The normalized spacial score (nSPS) is 11.5. The van der Waals surface area contributed by atoms with Crippen molar-refractivity contribution in [2.75, 3.05) is 17.2 Å². The number of nitriles is 1. The van der Waals surface area contributed by atoms with Gasteiger partial charge in [0.1, 0.15) is 0 Å². The van der Waals surface area contributed by atoms with Crippen LogP contribution in [0.1, 0.15) is 25.8 Å². The van der Waals surface area contributed by atoms with Gasteiger partial charge in [-0.15, -0.1) is 10.2 Å². The van der Waals surface area contributed by atoms with Gasteiger partial charge in [0, 0.05) is 12.2 Å². The Hall–Kier alpha value is -2.11. The predicted molar refractivity (Wildman–Crippen MR) is 93.8 cm³/mol. The van der Waals surface area contributed by atoms with Gasteiger partial charge < -0.3 is 10.6 Å². The molecule has 120 valence electrons. The fourth-order valence-electron chi connectivity index (χ4n) is 1.68. The number of anilines is 2. The number of hydrogen-bond acceptors (Lipinski definition) is 7. The maximum Gasteiger partial charge on any atom is 0.237 e. The van der Waals surface area contributed by atoms with Crippen LogP contribution in [0.2, 0.25) is 0 Å². The molecule has 1 aromatic carbocycles.